The van der Waals surface area contributed by atoms with E-state index in [0.717, 1.165) is 5.56 Å². The molecule has 1 atom stereocenters. The fourth-order valence-corrected chi connectivity index (χ4v) is 2.56. The standard InChI is InChI=1S/C16H15ClN2O2/c17-13-6-7-14(18-10-13)16(20)19-8-9-21-11-15(19)12-4-2-1-3-5-12/h1-7,10,15H,8-9,11H2/t15-/m0/s1. The van der Waals surface area contributed by atoms with E-state index in [2.05, 4.69) is 4.98 Å². The summed E-state index contributed by atoms with van der Waals surface area (Å²) < 4.78 is 5.54. The minimum Gasteiger partial charge on any atom is -0.377 e. The molecule has 0 spiro atoms. The molecule has 1 aromatic heterocycles. The van der Waals surface area contributed by atoms with Crippen molar-refractivity contribution < 1.29 is 9.53 Å². The highest BCUT2D eigenvalue weighted by Gasteiger charge is 2.29. The first kappa shape index (κ1) is 14.0. The summed E-state index contributed by atoms with van der Waals surface area (Å²) in [5.41, 5.74) is 1.47. The third kappa shape index (κ3) is 3.06. The molecule has 1 aliphatic heterocycles. The maximum Gasteiger partial charge on any atom is 0.273 e. The number of hydrogen-bond donors (Lipinski definition) is 0. The minimum atomic E-state index is -0.0937. The van der Waals surface area contributed by atoms with Crippen LogP contribution in [0.1, 0.15) is 22.1 Å². The van der Waals surface area contributed by atoms with Crippen LogP contribution in [0.4, 0.5) is 0 Å². The molecule has 1 aromatic carbocycles. The Morgan fingerprint density at radius 2 is 2.05 bits per heavy atom. The number of rotatable bonds is 2. The first-order valence-corrected chi connectivity index (χ1v) is 7.19. The van der Waals surface area contributed by atoms with Crippen LogP contribution in [0.5, 0.6) is 0 Å². The van der Waals surface area contributed by atoms with E-state index in [1.165, 1.54) is 6.20 Å². The fraction of sp³-hybridized carbons (Fsp3) is 0.250. The lowest BCUT2D eigenvalue weighted by Gasteiger charge is -2.35. The average molecular weight is 303 g/mol. The van der Waals surface area contributed by atoms with E-state index in [4.69, 9.17) is 16.3 Å². The number of carbonyl (C=O) groups excluding carboxylic acids is 1. The Kier molecular flexibility index (Phi) is 4.18. The zero-order valence-corrected chi connectivity index (χ0v) is 12.2. The van der Waals surface area contributed by atoms with Crippen LogP contribution in [0.2, 0.25) is 5.02 Å². The summed E-state index contributed by atoms with van der Waals surface area (Å²) >= 11 is 5.82. The Balaban J connectivity index is 1.87. The number of amides is 1. The Bertz CT molecular complexity index is 616. The molecule has 0 saturated carbocycles. The van der Waals surface area contributed by atoms with Gasteiger partial charge in [0.25, 0.3) is 5.91 Å². The van der Waals surface area contributed by atoms with Crippen molar-refractivity contribution in [2.24, 2.45) is 0 Å². The molecule has 5 heteroatoms. The van der Waals surface area contributed by atoms with Crippen LogP contribution in [-0.4, -0.2) is 35.5 Å². The third-order valence-electron chi connectivity index (χ3n) is 3.52. The van der Waals surface area contributed by atoms with Gasteiger partial charge < -0.3 is 9.64 Å². The van der Waals surface area contributed by atoms with Crippen molar-refractivity contribution in [3.63, 3.8) is 0 Å². The van der Waals surface area contributed by atoms with E-state index in [9.17, 15) is 4.79 Å². The number of ether oxygens (including phenoxy) is 1. The van der Waals surface area contributed by atoms with Gasteiger partial charge in [0.2, 0.25) is 0 Å². The summed E-state index contributed by atoms with van der Waals surface area (Å²) in [7, 11) is 0. The van der Waals surface area contributed by atoms with E-state index in [1.54, 1.807) is 12.1 Å². The van der Waals surface area contributed by atoms with E-state index in [0.29, 0.717) is 30.5 Å². The second kappa shape index (κ2) is 6.24. The molecule has 0 unspecified atom stereocenters. The van der Waals surface area contributed by atoms with Crippen molar-refractivity contribution in [1.82, 2.24) is 9.88 Å². The van der Waals surface area contributed by atoms with Crippen molar-refractivity contribution >= 4 is 17.5 Å². The SMILES string of the molecule is O=C(c1ccc(Cl)cn1)N1CCOC[C@H]1c1ccccc1. The van der Waals surface area contributed by atoms with E-state index in [-0.39, 0.29) is 11.9 Å². The van der Waals surface area contributed by atoms with Crippen LogP contribution in [0.25, 0.3) is 0 Å². The number of nitrogens with zero attached hydrogens (tertiary/aromatic N) is 2. The molecule has 1 aliphatic rings. The molecule has 0 radical (unpaired) electrons. The van der Waals surface area contributed by atoms with Gasteiger partial charge in [-0.25, -0.2) is 4.98 Å². The highest BCUT2D eigenvalue weighted by Crippen LogP contribution is 2.25. The van der Waals surface area contributed by atoms with E-state index < -0.39 is 0 Å². The summed E-state index contributed by atoms with van der Waals surface area (Å²) in [6.07, 6.45) is 1.49. The van der Waals surface area contributed by atoms with Gasteiger partial charge in [-0.15, -0.1) is 0 Å². The largest absolute Gasteiger partial charge is 0.377 e. The average Bonchev–Trinajstić information content (AvgIpc) is 2.56. The number of pyridine rings is 1. The normalized spacial score (nSPS) is 18.5. The third-order valence-corrected chi connectivity index (χ3v) is 3.74. The maximum absolute atomic E-state index is 12.7. The van der Waals surface area contributed by atoms with Gasteiger partial charge >= 0.3 is 0 Å². The molecule has 0 aliphatic carbocycles. The number of halogens is 1. The number of benzene rings is 1. The number of aromatic nitrogens is 1. The van der Waals surface area contributed by atoms with Crippen LogP contribution >= 0.6 is 11.6 Å². The van der Waals surface area contributed by atoms with Gasteiger partial charge in [0.05, 0.1) is 24.3 Å². The quantitative estimate of drug-likeness (QED) is 0.856. The Morgan fingerprint density at radius 3 is 2.76 bits per heavy atom. The van der Waals surface area contributed by atoms with E-state index >= 15 is 0 Å². The Morgan fingerprint density at radius 1 is 1.24 bits per heavy atom. The predicted octanol–water partition coefficient (Wildman–Crippen LogP) is 2.95. The zero-order valence-electron chi connectivity index (χ0n) is 11.4. The van der Waals surface area contributed by atoms with Crippen molar-refractivity contribution in [3.05, 3.63) is 64.9 Å². The van der Waals surface area contributed by atoms with Crippen LogP contribution in [0.3, 0.4) is 0 Å². The van der Waals surface area contributed by atoms with E-state index in [1.807, 2.05) is 35.2 Å². The molecule has 21 heavy (non-hydrogen) atoms. The smallest absolute Gasteiger partial charge is 0.273 e. The van der Waals surface area contributed by atoms with Crippen LogP contribution < -0.4 is 0 Å². The van der Waals surface area contributed by atoms with Crippen molar-refractivity contribution in [1.29, 1.82) is 0 Å². The second-order valence-corrected chi connectivity index (χ2v) is 5.30. The lowest BCUT2D eigenvalue weighted by Crippen LogP contribution is -2.43. The van der Waals surface area contributed by atoms with Crippen molar-refractivity contribution in [3.8, 4) is 0 Å². The van der Waals surface area contributed by atoms with Crippen LogP contribution in [-0.2, 0) is 4.74 Å². The molecule has 1 amide bonds. The zero-order chi connectivity index (χ0) is 14.7. The van der Waals surface area contributed by atoms with Crippen LogP contribution in [0.15, 0.2) is 48.7 Å². The van der Waals surface area contributed by atoms with Gasteiger partial charge in [0.15, 0.2) is 0 Å². The molecule has 1 saturated heterocycles. The molecule has 3 rings (SSSR count). The van der Waals surface area contributed by atoms with Crippen molar-refractivity contribution in [2.45, 2.75) is 6.04 Å². The molecule has 4 nitrogen and oxygen atoms in total. The minimum absolute atomic E-state index is 0.0788. The number of carbonyl (C=O) groups is 1. The fourth-order valence-electron chi connectivity index (χ4n) is 2.45. The van der Waals surface area contributed by atoms with Gasteiger partial charge in [0, 0.05) is 12.7 Å². The van der Waals surface area contributed by atoms with Gasteiger partial charge in [-0.3, -0.25) is 4.79 Å². The van der Waals surface area contributed by atoms with Gasteiger partial charge in [-0.1, -0.05) is 41.9 Å². The molecular weight excluding hydrogens is 288 g/mol. The van der Waals surface area contributed by atoms with Gasteiger partial charge in [0.1, 0.15) is 5.69 Å². The molecular formula is C16H15ClN2O2. The van der Waals surface area contributed by atoms with Crippen LogP contribution in [0, 0.1) is 0 Å². The molecule has 2 heterocycles. The maximum atomic E-state index is 12.7. The van der Waals surface area contributed by atoms with Gasteiger partial charge in [-0.2, -0.15) is 0 Å². The number of morpholine rings is 1. The van der Waals surface area contributed by atoms with Gasteiger partial charge in [-0.05, 0) is 17.7 Å². The Labute approximate surface area is 128 Å². The first-order chi connectivity index (χ1) is 10.3. The summed E-state index contributed by atoms with van der Waals surface area (Å²) in [5.74, 6) is -0.0937. The number of hydrogen-bond acceptors (Lipinski definition) is 3. The lowest BCUT2D eigenvalue weighted by molar-refractivity contribution is -0.00300. The molecule has 0 N–H and O–H groups in total. The summed E-state index contributed by atoms with van der Waals surface area (Å²) in [4.78, 5) is 18.6. The molecule has 0 bridgehead atoms. The predicted molar refractivity (Wildman–Crippen MR) is 80.3 cm³/mol. The summed E-state index contributed by atoms with van der Waals surface area (Å²) in [5, 5.41) is 0.521. The summed E-state index contributed by atoms with van der Waals surface area (Å²) in [6, 6.07) is 13.2. The Hall–Kier alpha value is -1.91. The second-order valence-electron chi connectivity index (χ2n) is 4.86. The molecule has 2 aromatic rings. The topological polar surface area (TPSA) is 42.4 Å². The first-order valence-electron chi connectivity index (χ1n) is 6.81. The highest BCUT2D eigenvalue weighted by atomic mass is 35.5. The highest BCUT2D eigenvalue weighted by molar-refractivity contribution is 6.30. The lowest BCUT2D eigenvalue weighted by atomic mass is 10.0. The van der Waals surface area contributed by atoms with Crippen molar-refractivity contribution in [2.75, 3.05) is 19.8 Å². The molecule has 108 valence electrons. The monoisotopic (exact) mass is 302 g/mol. The molecule has 1 fully saturated rings. The summed E-state index contributed by atoms with van der Waals surface area (Å²) in [6.45, 7) is 1.61.